The van der Waals surface area contributed by atoms with Crippen molar-refractivity contribution in [2.24, 2.45) is 11.6 Å². The Bertz CT molecular complexity index is 52.8. The zero-order valence-electron chi connectivity index (χ0n) is 2.97. The van der Waals surface area contributed by atoms with Gasteiger partial charge < -0.3 is 10.6 Å². The van der Waals surface area contributed by atoms with Crippen molar-refractivity contribution >= 4 is 6.09 Å². The van der Waals surface area contributed by atoms with Gasteiger partial charge in [0.2, 0.25) is 0 Å². The first kappa shape index (κ1) is 5.19. The van der Waals surface area contributed by atoms with Crippen LogP contribution in [-0.4, -0.2) is 6.09 Å². The number of amides is 1. The number of primary amides is 1. The van der Waals surface area contributed by atoms with E-state index in [-0.39, 0.29) is 0 Å². The van der Waals surface area contributed by atoms with Crippen LogP contribution in [0.5, 0.6) is 0 Å². The van der Waals surface area contributed by atoms with Gasteiger partial charge in [0.1, 0.15) is 0 Å². The molecule has 0 aliphatic carbocycles. The lowest BCUT2D eigenvalue weighted by Crippen LogP contribution is -2.29. The van der Waals surface area contributed by atoms with Crippen molar-refractivity contribution in [3.8, 4) is 0 Å². The molecule has 0 aromatic carbocycles. The minimum Gasteiger partial charge on any atom is -0.339 e. The second-order valence-electron chi connectivity index (χ2n) is 0.539. The van der Waals surface area contributed by atoms with E-state index in [0.29, 0.717) is 0 Å². The van der Waals surface area contributed by atoms with E-state index in [1.54, 1.807) is 5.59 Å². The van der Waals surface area contributed by atoms with Crippen LogP contribution in [-0.2, 0) is 4.84 Å². The van der Waals surface area contributed by atoms with Gasteiger partial charge in [0.15, 0.2) is 0 Å². The molecule has 5 nitrogen and oxygen atoms in total. The SMILES string of the molecule is NNOC(N)=O. The lowest BCUT2D eigenvalue weighted by molar-refractivity contribution is 0.0993. The molecule has 0 bridgehead atoms. The number of nitrogens with two attached hydrogens (primary N) is 2. The molecule has 0 radical (unpaired) electrons. The maximum Gasteiger partial charge on any atom is 0.424 e. The van der Waals surface area contributed by atoms with Crippen LogP contribution in [0.15, 0.2) is 0 Å². The minimum atomic E-state index is -0.947. The molecule has 6 heavy (non-hydrogen) atoms. The molecule has 0 aromatic heterocycles. The zero-order valence-corrected chi connectivity index (χ0v) is 2.97. The van der Waals surface area contributed by atoms with Crippen molar-refractivity contribution < 1.29 is 9.63 Å². The molecule has 0 aromatic rings. The van der Waals surface area contributed by atoms with Crippen LogP contribution < -0.4 is 17.2 Å². The third-order valence-corrected chi connectivity index (χ3v) is 0.160. The molecule has 0 aliphatic heterocycles. The summed E-state index contributed by atoms with van der Waals surface area (Å²) in [7, 11) is 0. The van der Waals surface area contributed by atoms with Crippen molar-refractivity contribution in [2.45, 2.75) is 0 Å². The summed E-state index contributed by atoms with van der Waals surface area (Å²) in [6.07, 6.45) is -0.947. The predicted molar refractivity (Wildman–Crippen MR) is 18.0 cm³/mol. The fourth-order valence-corrected chi connectivity index (χ4v) is 0.0581. The highest BCUT2D eigenvalue weighted by molar-refractivity contribution is 5.64. The Labute approximate surface area is 34.2 Å². The van der Waals surface area contributed by atoms with Gasteiger partial charge >= 0.3 is 6.09 Å². The van der Waals surface area contributed by atoms with Gasteiger partial charge in [0, 0.05) is 0 Å². The van der Waals surface area contributed by atoms with Crippen LogP contribution in [0.2, 0.25) is 0 Å². The van der Waals surface area contributed by atoms with E-state index in [0.717, 1.165) is 0 Å². The Kier molecular flexibility index (Phi) is 2.10. The molecule has 1 amide bonds. The molecule has 36 valence electrons. The lowest BCUT2D eigenvalue weighted by atomic mass is 11.3. The van der Waals surface area contributed by atoms with E-state index in [1.807, 2.05) is 0 Å². The summed E-state index contributed by atoms with van der Waals surface area (Å²) in [4.78, 5) is 13.2. The monoisotopic (exact) mass is 91.0 g/mol. The maximum absolute atomic E-state index is 9.46. The van der Waals surface area contributed by atoms with E-state index in [1.165, 1.54) is 0 Å². The van der Waals surface area contributed by atoms with E-state index in [9.17, 15) is 4.79 Å². The van der Waals surface area contributed by atoms with Crippen LogP contribution in [0, 0.1) is 0 Å². The first-order valence-electron chi connectivity index (χ1n) is 1.19. The van der Waals surface area contributed by atoms with E-state index < -0.39 is 6.09 Å². The maximum atomic E-state index is 9.46. The molecular weight excluding hydrogens is 86.0 g/mol. The molecule has 0 atom stereocenters. The Hall–Kier alpha value is -0.810. The summed E-state index contributed by atoms with van der Waals surface area (Å²) in [6.45, 7) is 0. The first-order valence-corrected chi connectivity index (χ1v) is 1.19. The van der Waals surface area contributed by atoms with Crippen LogP contribution in [0.25, 0.3) is 0 Å². The highest BCUT2D eigenvalue weighted by Gasteiger charge is 1.82. The number of hydrogen-bond acceptors (Lipinski definition) is 4. The Morgan fingerprint density at radius 2 is 2.33 bits per heavy atom. The normalized spacial score (nSPS) is 7.50. The molecule has 0 spiro atoms. The summed E-state index contributed by atoms with van der Waals surface area (Å²) >= 11 is 0. The van der Waals surface area contributed by atoms with Crippen LogP contribution in [0.4, 0.5) is 4.79 Å². The average Bonchev–Trinajstić information content (AvgIpc) is 1.35. The number of nitrogens with one attached hydrogen (secondary N) is 1. The molecular formula is CH5N3O2. The molecule has 5 N–H and O–H groups in total. The minimum absolute atomic E-state index is 0.947. The molecule has 0 saturated heterocycles. The van der Waals surface area contributed by atoms with E-state index in [2.05, 4.69) is 16.4 Å². The van der Waals surface area contributed by atoms with Gasteiger partial charge in [-0.3, -0.25) is 0 Å². The average molecular weight is 91.1 g/mol. The van der Waals surface area contributed by atoms with Gasteiger partial charge in [-0.15, -0.1) is 0 Å². The summed E-state index contributed by atoms with van der Waals surface area (Å²) in [5.74, 6) is 4.46. The third kappa shape index (κ3) is 3.19. The summed E-state index contributed by atoms with van der Waals surface area (Å²) in [5, 5.41) is 0. The van der Waals surface area contributed by atoms with Crippen LogP contribution in [0.1, 0.15) is 0 Å². The summed E-state index contributed by atoms with van der Waals surface area (Å²) in [6, 6.07) is 0. The fraction of sp³-hybridized carbons (Fsp3) is 0. The Balaban J connectivity index is 2.83. The van der Waals surface area contributed by atoms with Gasteiger partial charge in [-0.1, -0.05) is 5.59 Å². The smallest absolute Gasteiger partial charge is 0.339 e. The Morgan fingerprint density at radius 1 is 1.83 bits per heavy atom. The Morgan fingerprint density at radius 3 is 2.33 bits per heavy atom. The quantitative estimate of drug-likeness (QED) is 0.269. The predicted octanol–water partition coefficient (Wildman–Crippen LogP) is -1.54. The van der Waals surface area contributed by atoms with E-state index in [4.69, 9.17) is 0 Å². The van der Waals surface area contributed by atoms with Gasteiger partial charge in [0.05, 0.1) is 0 Å². The molecule has 0 unspecified atom stereocenters. The van der Waals surface area contributed by atoms with Gasteiger partial charge in [0.25, 0.3) is 0 Å². The van der Waals surface area contributed by atoms with Gasteiger partial charge in [-0.2, -0.15) is 0 Å². The molecule has 0 saturated carbocycles. The van der Waals surface area contributed by atoms with Crippen molar-refractivity contribution in [3.05, 3.63) is 0 Å². The number of hydrogen-bond donors (Lipinski definition) is 3. The topological polar surface area (TPSA) is 90.4 Å². The zero-order chi connectivity index (χ0) is 4.99. The van der Waals surface area contributed by atoms with Crippen LogP contribution >= 0.6 is 0 Å². The van der Waals surface area contributed by atoms with Crippen molar-refractivity contribution in [1.82, 2.24) is 5.59 Å². The highest BCUT2D eigenvalue weighted by Crippen LogP contribution is 1.53. The molecule has 0 fully saturated rings. The highest BCUT2D eigenvalue weighted by atomic mass is 16.7. The summed E-state index contributed by atoms with van der Waals surface area (Å²) < 4.78 is 0. The summed E-state index contributed by atoms with van der Waals surface area (Å²) in [5.41, 5.74) is 5.99. The first-order chi connectivity index (χ1) is 2.77. The number of hydrazine groups is 1. The number of carbonyl (C=O) groups excluding carboxylic acids is 1. The van der Waals surface area contributed by atoms with Gasteiger partial charge in [-0.25, -0.2) is 10.6 Å². The fourth-order valence-electron chi connectivity index (χ4n) is 0.0581. The molecule has 0 rings (SSSR count). The van der Waals surface area contributed by atoms with Gasteiger partial charge in [-0.05, 0) is 0 Å². The van der Waals surface area contributed by atoms with Crippen molar-refractivity contribution in [3.63, 3.8) is 0 Å². The molecule has 0 aliphatic rings. The second-order valence-corrected chi connectivity index (χ2v) is 0.539. The largest absolute Gasteiger partial charge is 0.424 e. The third-order valence-electron chi connectivity index (χ3n) is 0.160. The number of carbonyl (C=O) groups is 1. The van der Waals surface area contributed by atoms with E-state index >= 15 is 0 Å². The van der Waals surface area contributed by atoms with Crippen LogP contribution in [0.3, 0.4) is 0 Å². The number of rotatable bonds is 1. The molecule has 0 heterocycles. The standard InChI is InChI=1S/CH5N3O2/c2-1(5)6-4-3/h4H,3H2,(H2,2,5). The lowest BCUT2D eigenvalue weighted by Gasteiger charge is -1.89. The molecule has 5 heteroatoms. The second kappa shape index (κ2) is 2.43. The van der Waals surface area contributed by atoms with Crippen molar-refractivity contribution in [1.29, 1.82) is 0 Å². The van der Waals surface area contributed by atoms with Crippen molar-refractivity contribution in [2.75, 3.05) is 0 Å².